The fourth-order valence-corrected chi connectivity index (χ4v) is 1.79. The number of carbonyl (C=O) groups excluding carboxylic acids is 1. The van der Waals surface area contributed by atoms with Crippen molar-refractivity contribution in [3.05, 3.63) is 17.8 Å². The first kappa shape index (κ1) is 14.3. The average Bonchev–Trinajstić information content (AvgIpc) is 2.34. The zero-order valence-electron chi connectivity index (χ0n) is 11.5. The van der Waals surface area contributed by atoms with Crippen molar-refractivity contribution in [2.45, 2.75) is 33.7 Å². The molecule has 3 N–H and O–H groups in total. The third-order valence-electron chi connectivity index (χ3n) is 2.85. The minimum Gasteiger partial charge on any atom is -0.396 e. The number of anilines is 2. The van der Waals surface area contributed by atoms with Gasteiger partial charge in [-0.3, -0.25) is 4.79 Å². The van der Waals surface area contributed by atoms with Gasteiger partial charge in [0.15, 0.2) is 0 Å². The Morgan fingerprint density at radius 2 is 2.11 bits per heavy atom. The third-order valence-corrected chi connectivity index (χ3v) is 2.85. The largest absolute Gasteiger partial charge is 0.396 e. The summed E-state index contributed by atoms with van der Waals surface area (Å²) in [5.41, 5.74) is 7.43. The average molecular weight is 250 g/mol. The van der Waals surface area contributed by atoms with Crippen LogP contribution in [-0.2, 0) is 4.79 Å². The molecule has 0 fully saturated rings. The second kappa shape index (κ2) is 6.23. The molecule has 5 heteroatoms. The van der Waals surface area contributed by atoms with Crippen LogP contribution in [0.25, 0.3) is 0 Å². The van der Waals surface area contributed by atoms with Gasteiger partial charge in [-0.25, -0.2) is 4.98 Å². The minimum atomic E-state index is -0.331. The number of nitrogens with zero attached hydrogens (tertiary/aromatic N) is 2. The lowest BCUT2D eigenvalue weighted by Gasteiger charge is -2.24. The van der Waals surface area contributed by atoms with E-state index in [0.29, 0.717) is 24.6 Å². The lowest BCUT2D eigenvalue weighted by molar-refractivity contribution is -0.131. The van der Waals surface area contributed by atoms with Crippen LogP contribution >= 0.6 is 0 Å². The highest BCUT2D eigenvalue weighted by Crippen LogP contribution is 2.17. The molecule has 1 heterocycles. The monoisotopic (exact) mass is 250 g/mol. The first-order chi connectivity index (χ1) is 8.49. The summed E-state index contributed by atoms with van der Waals surface area (Å²) in [5.74, 6) is 0.621. The molecule has 18 heavy (non-hydrogen) atoms. The summed E-state index contributed by atoms with van der Waals surface area (Å²) >= 11 is 0. The van der Waals surface area contributed by atoms with Gasteiger partial charge >= 0.3 is 0 Å². The number of nitrogen functional groups attached to an aromatic ring is 1. The van der Waals surface area contributed by atoms with Crippen LogP contribution in [0, 0.1) is 6.92 Å². The van der Waals surface area contributed by atoms with Gasteiger partial charge in [-0.1, -0.05) is 0 Å². The summed E-state index contributed by atoms with van der Waals surface area (Å²) in [5, 5.41) is 3.06. The van der Waals surface area contributed by atoms with Gasteiger partial charge in [0.2, 0.25) is 5.91 Å². The van der Waals surface area contributed by atoms with Gasteiger partial charge in [-0.2, -0.15) is 0 Å². The van der Waals surface area contributed by atoms with Crippen molar-refractivity contribution in [2.75, 3.05) is 24.1 Å². The third kappa shape index (κ3) is 3.35. The molecule has 0 bridgehead atoms. The topological polar surface area (TPSA) is 71.2 Å². The van der Waals surface area contributed by atoms with Gasteiger partial charge in [0.05, 0.1) is 5.69 Å². The number of amides is 1. The number of carbonyl (C=O) groups is 1. The van der Waals surface area contributed by atoms with Gasteiger partial charge in [0, 0.05) is 19.3 Å². The first-order valence-corrected chi connectivity index (χ1v) is 6.27. The Labute approximate surface area is 108 Å². The number of hydrogen-bond acceptors (Lipinski definition) is 4. The number of pyridine rings is 1. The number of likely N-dealkylation sites (N-methyl/N-ethyl adjacent to an activating group) is 1. The van der Waals surface area contributed by atoms with E-state index < -0.39 is 0 Å². The summed E-state index contributed by atoms with van der Waals surface area (Å²) in [4.78, 5) is 18.1. The molecule has 0 aliphatic carbocycles. The van der Waals surface area contributed by atoms with E-state index in [1.165, 1.54) is 0 Å². The van der Waals surface area contributed by atoms with Crippen molar-refractivity contribution in [2.24, 2.45) is 0 Å². The Bertz CT molecular complexity index is 415. The summed E-state index contributed by atoms with van der Waals surface area (Å²) in [6, 6.07) is 1.51. The summed E-state index contributed by atoms with van der Waals surface area (Å²) in [6.07, 6.45) is 1.73. The lowest BCUT2D eigenvalue weighted by atomic mass is 10.2. The summed E-state index contributed by atoms with van der Waals surface area (Å²) in [7, 11) is 0. The number of aromatic nitrogens is 1. The maximum Gasteiger partial charge on any atom is 0.244 e. The molecule has 1 aromatic rings. The lowest BCUT2D eigenvalue weighted by Crippen LogP contribution is -2.41. The van der Waals surface area contributed by atoms with E-state index >= 15 is 0 Å². The van der Waals surface area contributed by atoms with E-state index in [4.69, 9.17) is 5.73 Å². The molecule has 0 aliphatic rings. The predicted molar refractivity (Wildman–Crippen MR) is 74.4 cm³/mol. The molecule has 0 spiro atoms. The Balaban J connectivity index is 2.75. The quantitative estimate of drug-likeness (QED) is 0.833. The molecular weight excluding hydrogens is 228 g/mol. The normalized spacial score (nSPS) is 12.0. The second-order valence-corrected chi connectivity index (χ2v) is 4.33. The maximum atomic E-state index is 12.1. The molecule has 1 unspecified atom stereocenters. The zero-order chi connectivity index (χ0) is 13.7. The molecule has 1 rings (SSSR count). The smallest absolute Gasteiger partial charge is 0.244 e. The maximum absolute atomic E-state index is 12.1. The van der Waals surface area contributed by atoms with Crippen molar-refractivity contribution in [3.8, 4) is 0 Å². The van der Waals surface area contributed by atoms with Crippen LogP contribution < -0.4 is 11.1 Å². The molecule has 0 aromatic carbocycles. The van der Waals surface area contributed by atoms with E-state index in [-0.39, 0.29) is 11.9 Å². The van der Waals surface area contributed by atoms with Gasteiger partial charge in [-0.15, -0.1) is 0 Å². The van der Waals surface area contributed by atoms with Crippen molar-refractivity contribution < 1.29 is 4.79 Å². The molecule has 0 saturated heterocycles. The number of aryl methyl sites for hydroxylation is 1. The molecule has 0 aliphatic heterocycles. The van der Waals surface area contributed by atoms with E-state index in [1.807, 2.05) is 33.8 Å². The van der Waals surface area contributed by atoms with Crippen LogP contribution in [-0.4, -0.2) is 34.9 Å². The van der Waals surface area contributed by atoms with Crippen molar-refractivity contribution in [1.29, 1.82) is 0 Å². The van der Waals surface area contributed by atoms with Gasteiger partial charge < -0.3 is 16.0 Å². The van der Waals surface area contributed by atoms with E-state index in [9.17, 15) is 4.79 Å². The summed E-state index contributed by atoms with van der Waals surface area (Å²) in [6.45, 7) is 9.09. The van der Waals surface area contributed by atoms with Gasteiger partial charge in [-0.05, 0) is 39.3 Å². The Hall–Kier alpha value is -1.78. The van der Waals surface area contributed by atoms with Crippen LogP contribution in [0.3, 0.4) is 0 Å². The van der Waals surface area contributed by atoms with Crippen LogP contribution in [0.1, 0.15) is 26.3 Å². The molecule has 1 aromatic heterocycles. The standard InChI is InChI=1S/C13H22N4O/c1-5-17(6-2)13(18)10(4)16-12-11(14)7-9(3)8-15-12/h7-8,10H,5-6,14H2,1-4H3,(H,15,16). The van der Waals surface area contributed by atoms with Crippen molar-refractivity contribution in [3.63, 3.8) is 0 Å². The van der Waals surface area contributed by atoms with Crippen LogP contribution in [0.5, 0.6) is 0 Å². The SMILES string of the molecule is CCN(CC)C(=O)C(C)Nc1ncc(C)cc1N. The molecule has 0 saturated carbocycles. The molecule has 100 valence electrons. The van der Waals surface area contributed by atoms with Crippen molar-refractivity contribution >= 4 is 17.4 Å². The van der Waals surface area contributed by atoms with Crippen molar-refractivity contribution in [1.82, 2.24) is 9.88 Å². The number of rotatable bonds is 5. The van der Waals surface area contributed by atoms with E-state index in [0.717, 1.165) is 5.56 Å². The van der Waals surface area contributed by atoms with Gasteiger partial charge in [0.1, 0.15) is 11.9 Å². The predicted octanol–water partition coefficient (Wildman–Crippen LogP) is 1.64. The Morgan fingerprint density at radius 3 is 2.61 bits per heavy atom. The van der Waals surface area contributed by atoms with Gasteiger partial charge in [0.25, 0.3) is 0 Å². The summed E-state index contributed by atoms with van der Waals surface area (Å²) < 4.78 is 0. The van der Waals surface area contributed by atoms with E-state index in [1.54, 1.807) is 11.1 Å². The Kier molecular flexibility index (Phi) is 4.95. The molecular formula is C13H22N4O. The van der Waals surface area contributed by atoms with Crippen LogP contribution in [0.15, 0.2) is 12.3 Å². The highest BCUT2D eigenvalue weighted by molar-refractivity contribution is 5.84. The van der Waals surface area contributed by atoms with Crippen LogP contribution in [0.4, 0.5) is 11.5 Å². The highest BCUT2D eigenvalue weighted by atomic mass is 16.2. The molecule has 1 atom stereocenters. The highest BCUT2D eigenvalue weighted by Gasteiger charge is 2.18. The van der Waals surface area contributed by atoms with Crippen LogP contribution in [0.2, 0.25) is 0 Å². The fourth-order valence-electron chi connectivity index (χ4n) is 1.79. The minimum absolute atomic E-state index is 0.0572. The first-order valence-electron chi connectivity index (χ1n) is 6.27. The fraction of sp³-hybridized carbons (Fsp3) is 0.538. The zero-order valence-corrected chi connectivity index (χ0v) is 11.5. The molecule has 1 amide bonds. The Morgan fingerprint density at radius 1 is 1.50 bits per heavy atom. The van der Waals surface area contributed by atoms with E-state index in [2.05, 4.69) is 10.3 Å². The number of nitrogens with two attached hydrogens (primary N) is 1. The number of hydrogen-bond donors (Lipinski definition) is 2. The molecule has 0 radical (unpaired) electrons. The molecule has 5 nitrogen and oxygen atoms in total. The number of nitrogens with one attached hydrogen (secondary N) is 1. The second-order valence-electron chi connectivity index (χ2n) is 4.33.